The van der Waals surface area contributed by atoms with E-state index >= 15 is 0 Å². The normalized spacial score (nSPS) is 36.7. The summed E-state index contributed by atoms with van der Waals surface area (Å²) in [7, 11) is 0. The van der Waals surface area contributed by atoms with Gasteiger partial charge in [0.2, 0.25) is 0 Å². The third-order valence-corrected chi connectivity index (χ3v) is 9.07. The zero-order chi connectivity index (χ0) is 21.9. The van der Waals surface area contributed by atoms with Crippen LogP contribution >= 0.6 is 0 Å². The Hall–Kier alpha value is -2.01. The average molecular weight is 420 g/mol. The van der Waals surface area contributed by atoms with Gasteiger partial charge in [0.05, 0.1) is 18.6 Å². The molecule has 1 N–H and O–H groups in total. The Labute approximate surface area is 185 Å². The van der Waals surface area contributed by atoms with E-state index in [0.717, 1.165) is 24.0 Å². The van der Waals surface area contributed by atoms with E-state index in [2.05, 4.69) is 45.0 Å². The van der Waals surface area contributed by atoms with Crippen LogP contribution in [0.1, 0.15) is 57.2 Å². The second kappa shape index (κ2) is 7.26. The fraction of sp³-hybridized carbons (Fsp3) is 0.519. The number of carbonyl (C=O) groups is 1. The van der Waals surface area contributed by atoms with E-state index in [4.69, 9.17) is 4.84 Å². The van der Waals surface area contributed by atoms with E-state index in [9.17, 15) is 9.90 Å². The first kappa shape index (κ1) is 20.9. The maximum atomic E-state index is 14.1. The number of benzene rings is 2. The molecule has 5 rings (SSSR count). The summed E-state index contributed by atoms with van der Waals surface area (Å²) in [6.45, 7) is 7.52. The van der Waals surface area contributed by atoms with E-state index in [1.807, 2.05) is 41.5 Å². The van der Waals surface area contributed by atoms with Gasteiger partial charge >= 0.3 is 0 Å². The van der Waals surface area contributed by atoms with Crippen LogP contribution in [-0.2, 0) is 16.2 Å². The summed E-state index contributed by atoms with van der Waals surface area (Å²) >= 11 is 0. The van der Waals surface area contributed by atoms with Gasteiger partial charge in [-0.1, -0.05) is 81.4 Å². The van der Waals surface area contributed by atoms with Crippen LogP contribution in [0.3, 0.4) is 0 Å². The summed E-state index contributed by atoms with van der Waals surface area (Å²) in [6.07, 6.45) is 2.58. The lowest BCUT2D eigenvalue weighted by atomic mass is 9.61. The number of hydrogen-bond acceptors (Lipinski definition) is 4. The van der Waals surface area contributed by atoms with E-state index in [0.29, 0.717) is 25.5 Å². The van der Waals surface area contributed by atoms with E-state index in [-0.39, 0.29) is 23.2 Å². The number of ketones is 1. The molecule has 2 saturated carbocycles. The van der Waals surface area contributed by atoms with Crippen molar-refractivity contribution < 1.29 is 14.7 Å². The SMILES string of the molecule is CC1(C)[C@@H]2CC[C@@]1(C)[C@@](O)(C(=O)[C@@H]1CON(Cc3ccccc3)[C@H]1c1ccccc1)C2. The third-order valence-electron chi connectivity index (χ3n) is 9.07. The van der Waals surface area contributed by atoms with Gasteiger partial charge < -0.3 is 5.11 Å². The summed E-state index contributed by atoms with van der Waals surface area (Å²) in [5.41, 5.74) is 0.482. The molecule has 5 atom stereocenters. The maximum absolute atomic E-state index is 14.1. The fourth-order valence-corrected chi connectivity index (χ4v) is 6.68. The van der Waals surface area contributed by atoms with Crippen molar-refractivity contribution in [1.82, 2.24) is 5.06 Å². The second-order valence-electron chi connectivity index (χ2n) is 10.5. The highest BCUT2D eigenvalue weighted by Crippen LogP contribution is 2.70. The van der Waals surface area contributed by atoms with Crippen LogP contribution in [0.15, 0.2) is 60.7 Å². The average Bonchev–Trinajstić information content (AvgIpc) is 3.33. The van der Waals surface area contributed by atoms with Crippen LogP contribution in [0.4, 0.5) is 0 Å². The Morgan fingerprint density at radius 2 is 1.71 bits per heavy atom. The molecule has 164 valence electrons. The fourth-order valence-electron chi connectivity index (χ4n) is 6.68. The van der Waals surface area contributed by atoms with Crippen LogP contribution in [0.25, 0.3) is 0 Å². The van der Waals surface area contributed by atoms with E-state index < -0.39 is 11.0 Å². The number of hydroxylamine groups is 2. The monoisotopic (exact) mass is 419 g/mol. The Morgan fingerprint density at radius 3 is 2.29 bits per heavy atom. The number of rotatable bonds is 5. The first-order valence-electron chi connectivity index (χ1n) is 11.5. The predicted molar refractivity (Wildman–Crippen MR) is 120 cm³/mol. The molecule has 31 heavy (non-hydrogen) atoms. The highest BCUT2D eigenvalue weighted by atomic mass is 16.7. The van der Waals surface area contributed by atoms with Gasteiger partial charge in [-0.05, 0) is 41.7 Å². The first-order chi connectivity index (χ1) is 14.8. The minimum Gasteiger partial charge on any atom is -0.381 e. The molecule has 3 fully saturated rings. The number of aliphatic hydroxyl groups is 1. The van der Waals surface area contributed by atoms with Gasteiger partial charge in [-0.15, -0.1) is 0 Å². The van der Waals surface area contributed by atoms with Crippen molar-refractivity contribution in [2.45, 2.75) is 58.2 Å². The number of fused-ring (bicyclic) bond motifs is 2. The molecule has 2 bridgehead atoms. The Morgan fingerprint density at radius 1 is 1.06 bits per heavy atom. The number of Topliss-reactive ketones (excluding diaryl/α,β-unsaturated/α-hetero) is 1. The molecule has 4 heteroatoms. The quantitative estimate of drug-likeness (QED) is 0.746. The molecule has 2 aromatic carbocycles. The number of hydrogen-bond donors (Lipinski definition) is 1. The smallest absolute Gasteiger partial charge is 0.172 e. The molecule has 1 heterocycles. The van der Waals surface area contributed by atoms with Crippen molar-refractivity contribution in [2.75, 3.05) is 6.61 Å². The number of carbonyl (C=O) groups excluding carboxylic acids is 1. The molecule has 1 aliphatic heterocycles. The zero-order valence-corrected chi connectivity index (χ0v) is 18.8. The predicted octanol–water partition coefficient (Wildman–Crippen LogP) is 4.94. The van der Waals surface area contributed by atoms with Gasteiger partial charge in [-0.3, -0.25) is 9.63 Å². The van der Waals surface area contributed by atoms with Gasteiger partial charge in [0, 0.05) is 12.0 Å². The zero-order valence-electron chi connectivity index (χ0n) is 18.8. The summed E-state index contributed by atoms with van der Waals surface area (Å²) < 4.78 is 0. The lowest BCUT2D eigenvalue weighted by Gasteiger charge is -2.45. The molecule has 0 aromatic heterocycles. The van der Waals surface area contributed by atoms with E-state index in [1.54, 1.807) is 0 Å². The van der Waals surface area contributed by atoms with Crippen molar-refractivity contribution in [3.8, 4) is 0 Å². The molecule has 2 aromatic rings. The van der Waals surface area contributed by atoms with Crippen LogP contribution in [0, 0.1) is 22.7 Å². The summed E-state index contributed by atoms with van der Waals surface area (Å²) in [5, 5.41) is 13.9. The first-order valence-corrected chi connectivity index (χ1v) is 11.5. The Balaban J connectivity index is 1.49. The minimum atomic E-state index is -1.29. The Kier molecular flexibility index (Phi) is 4.89. The van der Waals surface area contributed by atoms with Crippen molar-refractivity contribution in [1.29, 1.82) is 0 Å². The topological polar surface area (TPSA) is 49.8 Å². The molecule has 0 unspecified atom stereocenters. The molecule has 3 aliphatic rings. The molecular formula is C27H33NO3. The lowest BCUT2D eigenvalue weighted by molar-refractivity contribution is -0.160. The van der Waals surface area contributed by atoms with Gasteiger partial charge in [0.1, 0.15) is 5.60 Å². The van der Waals surface area contributed by atoms with Gasteiger partial charge in [0.15, 0.2) is 5.78 Å². The second-order valence-corrected chi connectivity index (χ2v) is 10.5. The van der Waals surface area contributed by atoms with Crippen molar-refractivity contribution in [3.63, 3.8) is 0 Å². The maximum Gasteiger partial charge on any atom is 0.172 e. The molecule has 1 saturated heterocycles. The molecule has 0 spiro atoms. The van der Waals surface area contributed by atoms with Crippen LogP contribution in [-0.4, -0.2) is 28.2 Å². The standard InChI is InChI=1S/C27H33NO3/c1-25(2)21-14-15-26(25,3)27(30,16-21)24(29)22-18-31-28(17-19-10-6-4-7-11-19)23(22)20-12-8-5-9-13-20/h4-13,21-23,30H,14-18H2,1-3H3/t21-,22-,23+,26-,27+/m1/s1. The van der Waals surface area contributed by atoms with Crippen molar-refractivity contribution in [2.24, 2.45) is 22.7 Å². The highest BCUT2D eigenvalue weighted by molar-refractivity contribution is 5.92. The van der Waals surface area contributed by atoms with Crippen LogP contribution in [0.5, 0.6) is 0 Å². The molecule has 2 aliphatic carbocycles. The summed E-state index contributed by atoms with van der Waals surface area (Å²) in [6, 6.07) is 20.1. The van der Waals surface area contributed by atoms with Crippen LogP contribution < -0.4 is 0 Å². The molecular weight excluding hydrogens is 386 g/mol. The number of nitrogens with zero attached hydrogens (tertiary/aromatic N) is 1. The van der Waals surface area contributed by atoms with Crippen LogP contribution in [0.2, 0.25) is 0 Å². The van der Waals surface area contributed by atoms with E-state index in [1.165, 1.54) is 0 Å². The molecule has 0 radical (unpaired) electrons. The van der Waals surface area contributed by atoms with Crippen molar-refractivity contribution >= 4 is 5.78 Å². The largest absolute Gasteiger partial charge is 0.381 e. The van der Waals surface area contributed by atoms with Gasteiger partial charge in [-0.2, -0.15) is 5.06 Å². The highest BCUT2D eigenvalue weighted by Gasteiger charge is 2.72. The molecule has 4 nitrogen and oxygen atoms in total. The summed E-state index contributed by atoms with van der Waals surface area (Å²) in [4.78, 5) is 20.2. The van der Waals surface area contributed by atoms with Gasteiger partial charge in [0.25, 0.3) is 0 Å². The Bertz CT molecular complexity index is 959. The molecule has 0 amide bonds. The third kappa shape index (κ3) is 2.95. The van der Waals surface area contributed by atoms with Gasteiger partial charge in [-0.25, -0.2) is 0 Å². The summed E-state index contributed by atoms with van der Waals surface area (Å²) in [5.74, 6) is -0.0258. The minimum absolute atomic E-state index is 0.0327. The van der Waals surface area contributed by atoms with Crippen molar-refractivity contribution in [3.05, 3.63) is 71.8 Å². The lowest BCUT2D eigenvalue weighted by Crippen LogP contribution is -2.55.